The quantitative estimate of drug-likeness (QED) is 0.731. The summed E-state index contributed by atoms with van der Waals surface area (Å²) in [5.41, 5.74) is 3.55. The lowest BCUT2D eigenvalue weighted by Gasteiger charge is -2.26. The highest BCUT2D eigenvalue weighted by Gasteiger charge is 2.58. The van der Waals surface area contributed by atoms with E-state index in [1.54, 1.807) is 13.0 Å². The van der Waals surface area contributed by atoms with Crippen LogP contribution in [-0.4, -0.2) is 33.1 Å². The van der Waals surface area contributed by atoms with Crippen LogP contribution >= 0.6 is 0 Å². The van der Waals surface area contributed by atoms with Crippen molar-refractivity contribution in [3.8, 4) is 17.5 Å². The summed E-state index contributed by atoms with van der Waals surface area (Å²) in [6, 6.07) is 1.57. The number of aliphatic hydroxyl groups is 1. The number of hydrogen-bond donors (Lipinski definition) is 2. The summed E-state index contributed by atoms with van der Waals surface area (Å²) in [7, 11) is 0. The number of hydrogen-bond acceptors (Lipinski definition) is 7. The van der Waals surface area contributed by atoms with Gasteiger partial charge in [0.05, 0.1) is 12.3 Å². The molecule has 3 heterocycles. The Hall–Kier alpha value is -2.36. The Bertz CT molecular complexity index is 794. The van der Waals surface area contributed by atoms with Crippen molar-refractivity contribution in [1.29, 1.82) is 0 Å². The van der Waals surface area contributed by atoms with Gasteiger partial charge < -0.3 is 20.0 Å². The Balaban J connectivity index is 2.10. The van der Waals surface area contributed by atoms with E-state index in [-0.39, 0.29) is 23.7 Å². The van der Waals surface area contributed by atoms with Gasteiger partial charge in [-0.2, -0.15) is 13.2 Å². The molecule has 0 fully saturated rings. The SMILES string of the molecule is Cc1cc(N)c2nc1OCCCCCC[C@](O)(C(F)(F)F)c1nnc-2o1. The summed E-state index contributed by atoms with van der Waals surface area (Å²) < 4.78 is 51.2. The standard InChI is InChI=1S/C16H19F3N4O3/c1-9-8-10(20)11-13-22-23-14(26-13)15(24,16(17,18)19)6-4-2-3-5-7-25-12(9)21-11/h8,24H,2-7,20H2,1H3/t15-/m1/s1. The fourth-order valence-electron chi connectivity index (χ4n) is 2.80. The maximum Gasteiger partial charge on any atom is 0.426 e. The molecule has 0 spiro atoms. The van der Waals surface area contributed by atoms with Crippen LogP contribution in [0.2, 0.25) is 0 Å². The predicted molar refractivity (Wildman–Crippen MR) is 85.2 cm³/mol. The predicted octanol–water partition coefficient (Wildman–Crippen LogP) is 3.12. The second kappa shape index (κ2) is 6.75. The normalized spacial score (nSPS) is 21.7. The largest absolute Gasteiger partial charge is 0.477 e. The average molecular weight is 372 g/mol. The molecule has 4 bridgehead atoms. The molecule has 2 aromatic rings. The number of pyridine rings is 1. The molecule has 1 aliphatic rings. The average Bonchev–Trinajstić information content (AvgIpc) is 3.03. The highest BCUT2D eigenvalue weighted by atomic mass is 19.4. The molecule has 3 rings (SSSR count). The number of fused-ring (bicyclic) bond motifs is 5. The fraction of sp³-hybridized carbons (Fsp3) is 0.562. The number of rotatable bonds is 0. The van der Waals surface area contributed by atoms with Crippen molar-refractivity contribution < 1.29 is 27.4 Å². The molecule has 26 heavy (non-hydrogen) atoms. The van der Waals surface area contributed by atoms with Gasteiger partial charge in [0.25, 0.3) is 11.8 Å². The lowest BCUT2D eigenvalue weighted by atomic mass is 9.95. The van der Waals surface area contributed by atoms with Crippen molar-refractivity contribution >= 4 is 5.69 Å². The first-order valence-electron chi connectivity index (χ1n) is 8.26. The Morgan fingerprint density at radius 3 is 2.65 bits per heavy atom. The minimum absolute atomic E-state index is 0.0194. The molecular weight excluding hydrogens is 353 g/mol. The van der Waals surface area contributed by atoms with E-state index in [0.29, 0.717) is 37.3 Å². The van der Waals surface area contributed by atoms with Gasteiger partial charge in [0, 0.05) is 5.56 Å². The lowest BCUT2D eigenvalue weighted by Crippen LogP contribution is -2.42. The van der Waals surface area contributed by atoms with Gasteiger partial charge in [-0.1, -0.05) is 12.8 Å². The highest BCUT2D eigenvalue weighted by Crippen LogP contribution is 2.43. The number of halogens is 3. The summed E-state index contributed by atoms with van der Waals surface area (Å²) in [4.78, 5) is 4.21. The van der Waals surface area contributed by atoms with Crippen molar-refractivity contribution in [2.45, 2.75) is 50.8 Å². The highest BCUT2D eigenvalue weighted by molar-refractivity contribution is 5.67. The van der Waals surface area contributed by atoms with Crippen molar-refractivity contribution in [3.05, 3.63) is 17.5 Å². The lowest BCUT2D eigenvalue weighted by molar-refractivity contribution is -0.277. The molecule has 7 nitrogen and oxygen atoms in total. The van der Waals surface area contributed by atoms with E-state index in [1.807, 2.05) is 0 Å². The van der Waals surface area contributed by atoms with Crippen LogP contribution in [0.5, 0.6) is 5.88 Å². The molecule has 3 N–H and O–H groups in total. The summed E-state index contributed by atoms with van der Waals surface area (Å²) in [5.74, 6) is -0.916. The van der Waals surface area contributed by atoms with Crippen LogP contribution in [0.15, 0.2) is 10.5 Å². The van der Waals surface area contributed by atoms with E-state index in [4.69, 9.17) is 14.9 Å². The Labute approximate surface area is 147 Å². The summed E-state index contributed by atoms with van der Waals surface area (Å²) in [6.07, 6.45) is -3.55. The van der Waals surface area contributed by atoms with Gasteiger partial charge in [0.15, 0.2) is 5.69 Å². The van der Waals surface area contributed by atoms with Crippen LogP contribution in [0.25, 0.3) is 11.6 Å². The fourth-order valence-corrected chi connectivity index (χ4v) is 2.80. The third-order valence-corrected chi connectivity index (χ3v) is 4.32. The van der Waals surface area contributed by atoms with E-state index >= 15 is 0 Å². The van der Waals surface area contributed by atoms with Gasteiger partial charge in [0.1, 0.15) is 0 Å². The van der Waals surface area contributed by atoms with Crippen molar-refractivity contribution in [3.63, 3.8) is 0 Å². The molecule has 0 saturated heterocycles. The first-order chi connectivity index (χ1) is 12.2. The second-order valence-electron chi connectivity index (χ2n) is 6.33. The van der Waals surface area contributed by atoms with E-state index in [1.165, 1.54) is 0 Å². The Morgan fingerprint density at radius 1 is 1.19 bits per heavy atom. The first-order valence-corrected chi connectivity index (χ1v) is 8.26. The van der Waals surface area contributed by atoms with Crippen molar-refractivity contribution in [1.82, 2.24) is 15.2 Å². The molecule has 0 aliphatic carbocycles. The van der Waals surface area contributed by atoms with Gasteiger partial charge in [-0.05, 0) is 32.3 Å². The Morgan fingerprint density at radius 2 is 1.92 bits per heavy atom. The summed E-state index contributed by atoms with van der Waals surface area (Å²) in [6.45, 7) is 2.13. The zero-order valence-electron chi connectivity index (χ0n) is 14.1. The first kappa shape index (κ1) is 18.4. The molecule has 0 amide bonds. The van der Waals surface area contributed by atoms with Gasteiger partial charge in [-0.15, -0.1) is 10.2 Å². The molecule has 0 aromatic carbocycles. The third kappa shape index (κ3) is 3.33. The summed E-state index contributed by atoms with van der Waals surface area (Å²) >= 11 is 0. The molecule has 2 aromatic heterocycles. The third-order valence-electron chi connectivity index (χ3n) is 4.32. The summed E-state index contributed by atoms with van der Waals surface area (Å²) in [5, 5.41) is 17.3. The molecule has 10 heteroatoms. The van der Waals surface area contributed by atoms with Crippen LogP contribution in [0.4, 0.5) is 18.9 Å². The van der Waals surface area contributed by atoms with Crippen LogP contribution < -0.4 is 10.5 Å². The monoisotopic (exact) mass is 372 g/mol. The van der Waals surface area contributed by atoms with Crippen LogP contribution in [0, 0.1) is 6.92 Å². The number of aromatic nitrogens is 3. The van der Waals surface area contributed by atoms with Crippen molar-refractivity contribution in [2.75, 3.05) is 12.3 Å². The van der Waals surface area contributed by atoms with E-state index < -0.39 is 24.1 Å². The topological polar surface area (TPSA) is 107 Å². The molecule has 1 aliphatic heterocycles. The maximum absolute atomic E-state index is 13.5. The number of nitrogen functional groups attached to an aromatic ring is 1. The van der Waals surface area contributed by atoms with Gasteiger partial charge >= 0.3 is 6.18 Å². The number of nitrogens with two attached hydrogens (primary N) is 1. The maximum atomic E-state index is 13.5. The van der Waals surface area contributed by atoms with Gasteiger partial charge in [-0.3, -0.25) is 0 Å². The number of anilines is 1. The minimum Gasteiger partial charge on any atom is -0.477 e. The molecule has 0 radical (unpaired) electrons. The molecular formula is C16H19F3N4O3. The Kier molecular flexibility index (Phi) is 4.78. The van der Waals surface area contributed by atoms with Crippen LogP contribution in [0.3, 0.4) is 0 Å². The van der Waals surface area contributed by atoms with E-state index in [2.05, 4.69) is 15.2 Å². The number of aryl methyl sites for hydroxylation is 1. The number of nitrogens with zero attached hydrogens (tertiary/aromatic N) is 3. The zero-order valence-corrected chi connectivity index (χ0v) is 14.1. The number of alkyl halides is 3. The molecule has 142 valence electrons. The van der Waals surface area contributed by atoms with Crippen LogP contribution in [-0.2, 0) is 5.60 Å². The van der Waals surface area contributed by atoms with Crippen molar-refractivity contribution in [2.24, 2.45) is 0 Å². The number of ether oxygens (including phenoxy) is 1. The second-order valence-corrected chi connectivity index (χ2v) is 6.33. The smallest absolute Gasteiger partial charge is 0.426 e. The minimum atomic E-state index is -4.95. The van der Waals surface area contributed by atoms with Crippen LogP contribution in [0.1, 0.15) is 43.6 Å². The van der Waals surface area contributed by atoms with E-state index in [9.17, 15) is 18.3 Å². The van der Waals surface area contributed by atoms with Gasteiger partial charge in [0.2, 0.25) is 11.5 Å². The molecule has 0 saturated carbocycles. The molecule has 1 atom stereocenters. The van der Waals surface area contributed by atoms with Gasteiger partial charge in [-0.25, -0.2) is 4.98 Å². The van der Waals surface area contributed by atoms with E-state index in [0.717, 1.165) is 0 Å². The zero-order chi connectivity index (χ0) is 18.9. The molecule has 0 unspecified atom stereocenters.